The van der Waals surface area contributed by atoms with Gasteiger partial charge in [-0.05, 0) is 18.7 Å². The van der Waals surface area contributed by atoms with E-state index < -0.39 is 0 Å². The molecule has 0 spiro atoms. The Morgan fingerprint density at radius 3 is 2.72 bits per heavy atom. The number of piperazine rings is 1. The van der Waals surface area contributed by atoms with Crippen molar-refractivity contribution in [3.8, 4) is 0 Å². The fourth-order valence-electron chi connectivity index (χ4n) is 2.78. The minimum Gasteiger partial charge on any atom is -0.369 e. The maximum atomic E-state index is 11.6. The maximum absolute atomic E-state index is 11.6. The lowest BCUT2D eigenvalue weighted by Crippen LogP contribution is -2.46. The van der Waals surface area contributed by atoms with Crippen LogP contribution in [0.1, 0.15) is 22.8 Å². The highest BCUT2D eigenvalue weighted by Gasteiger charge is 2.26. The second kappa shape index (κ2) is 4.61. The van der Waals surface area contributed by atoms with Crippen LogP contribution in [0.5, 0.6) is 0 Å². The molecular formula is C14H18N3O. The van der Waals surface area contributed by atoms with Crippen molar-refractivity contribution < 1.29 is 4.79 Å². The summed E-state index contributed by atoms with van der Waals surface area (Å²) < 4.78 is 0. The number of amides is 1. The fraction of sp³-hybridized carbons (Fsp3) is 0.500. The number of rotatable bonds is 2. The number of likely N-dealkylation sites (N-methyl/N-ethyl adjacent to an activating group) is 1. The molecule has 1 radical (unpaired) electrons. The van der Waals surface area contributed by atoms with Gasteiger partial charge in [-0.3, -0.25) is 4.79 Å². The molecule has 1 aromatic rings. The smallest absolute Gasteiger partial charge is 0.273 e. The van der Waals surface area contributed by atoms with Crippen molar-refractivity contribution in [2.45, 2.75) is 13.5 Å². The molecule has 4 heteroatoms. The summed E-state index contributed by atoms with van der Waals surface area (Å²) in [6.45, 7) is 8.16. The van der Waals surface area contributed by atoms with Gasteiger partial charge >= 0.3 is 0 Å². The molecule has 0 atom stereocenters. The van der Waals surface area contributed by atoms with Gasteiger partial charge in [0.2, 0.25) is 0 Å². The predicted molar refractivity (Wildman–Crippen MR) is 70.9 cm³/mol. The normalized spacial score (nSPS) is 19.8. The molecule has 2 aliphatic rings. The van der Waals surface area contributed by atoms with Gasteiger partial charge in [0.25, 0.3) is 5.91 Å². The molecule has 95 valence electrons. The van der Waals surface area contributed by atoms with E-state index in [0.29, 0.717) is 6.54 Å². The van der Waals surface area contributed by atoms with Gasteiger partial charge in [-0.25, -0.2) is 5.32 Å². The number of carbonyl (C=O) groups excluding carboxylic acids is 1. The Morgan fingerprint density at radius 2 is 2.00 bits per heavy atom. The van der Waals surface area contributed by atoms with Crippen LogP contribution in [-0.4, -0.2) is 43.5 Å². The predicted octanol–water partition coefficient (Wildman–Crippen LogP) is 1.09. The lowest BCUT2D eigenvalue weighted by atomic mass is 10.1. The van der Waals surface area contributed by atoms with Crippen molar-refractivity contribution in [2.75, 3.05) is 37.6 Å². The van der Waals surface area contributed by atoms with Gasteiger partial charge in [-0.2, -0.15) is 0 Å². The molecule has 18 heavy (non-hydrogen) atoms. The summed E-state index contributed by atoms with van der Waals surface area (Å²) in [7, 11) is 0. The molecule has 1 saturated heterocycles. The molecule has 0 bridgehead atoms. The minimum atomic E-state index is -0.0564. The highest BCUT2D eigenvalue weighted by molar-refractivity contribution is 5.99. The summed E-state index contributed by atoms with van der Waals surface area (Å²) in [4.78, 5) is 16.4. The number of fused-ring (bicyclic) bond motifs is 1. The van der Waals surface area contributed by atoms with Crippen LogP contribution in [0.3, 0.4) is 0 Å². The SMILES string of the molecule is CCN1CCN(c2cccc3c2C[N]C3=O)CC1. The van der Waals surface area contributed by atoms with Crippen LogP contribution < -0.4 is 10.2 Å². The summed E-state index contributed by atoms with van der Waals surface area (Å²) in [5, 5.41) is 4.01. The Kier molecular flexibility index (Phi) is 2.96. The van der Waals surface area contributed by atoms with Crippen LogP contribution in [0, 0.1) is 0 Å². The van der Waals surface area contributed by atoms with E-state index in [-0.39, 0.29) is 5.91 Å². The molecule has 1 aromatic carbocycles. The van der Waals surface area contributed by atoms with E-state index in [9.17, 15) is 4.79 Å². The fourth-order valence-corrected chi connectivity index (χ4v) is 2.78. The van der Waals surface area contributed by atoms with Crippen molar-refractivity contribution in [3.63, 3.8) is 0 Å². The van der Waals surface area contributed by atoms with E-state index in [1.54, 1.807) is 0 Å². The molecule has 0 N–H and O–H groups in total. The molecule has 0 unspecified atom stereocenters. The zero-order chi connectivity index (χ0) is 12.5. The Balaban J connectivity index is 1.84. The second-order valence-corrected chi connectivity index (χ2v) is 4.85. The standard InChI is InChI=1S/C14H18N3O/c1-2-16-6-8-17(9-7-16)13-5-3-4-11-12(13)10-15-14(11)18/h3-5H,2,6-10H2,1H3. The summed E-state index contributed by atoms with van der Waals surface area (Å²) in [6, 6.07) is 5.98. The maximum Gasteiger partial charge on any atom is 0.273 e. The van der Waals surface area contributed by atoms with Gasteiger partial charge in [-0.1, -0.05) is 13.0 Å². The van der Waals surface area contributed by atoms with Crippen molar-refractivity contribution in [1.29, 1.82) is 0 Å². The Hall–Kier alpha value is -1.55. The Bertz CT molecular complexity index is 464. The van der Waals surface area contributed by atoms with Gasteiger partial charge in [0.05, 0.1) is 6.54 Å². The number of hydrogen-bond donors (Lipinski definition) is 0. The summed E-state index contributed by atoms with van der Waals surface area (Å²) >= 11 is 0. The minimum absolute atomic E-state index is 0.0564. The highest BCUT2D eigenvalue weighted by atomic mass is 16.1. The molecule has 3 rings (SSSR count). The zero-order valence-corrected chi connectivity index (χ0v) is 10.7. The monoisotopic (exact) mass is 244 g/mol. The summed E-state index contributed by atoms with van der Waals surface area (Å²) in [6.07, 6.45) is 0. The van der Waals surface area contributed by atoms with Crippen LogP contribution in [-0.2, 0) is 6.54 Å². The third-order valence-corrected chi connectivity index (χ3v) is 3.92. The average molecular weight is 244 g/mol. The molecule has 1 fully saturated rings. The average Bonchev–Trinajstić information content (AvgIpc) is 2.81. The van der Waals surface area contributed by atoms with Crippen molar-refractivity contribution >= 4 is 11.6 Å². The quantitative estimate of drug-likeness (QED) is 0.781. The third-order valence-electron chi connectivity index (χ3n) is 3.92. The van der Waals surface area contributed by atoms with Crippen LogP contribution in [0.2, 0.25) is 0 Å². The first-order chi connectivity index (χ1) is 8.79. The van der Waals surface area contributed by atoms with Gasteiger partial charge < -0.3 is 9.80 Å². The van der Waals surface area contributed by atoms with Crippen LogP contribution in [0.25, 0.3) is 0 Å². The summed E-state index contributed by atoms with van der Waals surface area (Å²) in [5.41, 5.74) is 3.12. The summed E-state index contributed by atoms with van der Waals surface area (Å²) in [5.74, 6) is -0.0564. The van der Waals surface area contributed by atoms with Crippen molar-refractivity contribution in [1.82, 2.24) is 10.2 Å². The Morgan fingerprint density at radius 1 is 1.22 bits per heavy atom. The number of nitrogens with zero attached hydrogens (tertiary/aromatic N) is 3. The van der Waals surface area contributed by atoms with Crippen molar-refractivity contribution in [2.24, 2.45) is 0 Å². The van der Waals surface area contributed by atoms with E-state index >= 15 is 0 Å². The van der Waals surface area contributed by atoms with Gasteiger partial charge in [0, 0.05) is 43.0 Å². The first-order valence-corrected chi connectivity index (χ1v) is 6.60. The molecule has 4 nitrogen and oxygen atoms in total. The molecule has 2 aliphatic heterocycles. The number of benzene rings is 1. The number of anilines is 1. The second-order valence-electron chi connectivity index (χ2n) is 4.85. The number of hydrogen-bond acceptors (Lipinski definition) is 3. The lowest BCUT2D eigenvalue weighted by Gasteiger charge is -2.36. The molecule has 0 saturated carbocycles. The topological polar surface area (TPSA) is 37.7 Å². The van der Waals surface area contributed by atoms with E-state index in [1.165, 1.54) is 5.69 Å². The van der Waals surface area contributed by atoms with Gasteiger partial charge in [0.1, 0.15) is 0 Å². The van der Waals surface area contributed by atoms with E-state index in [2.05, 4.69) is 28.1 Å². The first-order valence-electron chi connectivity index (χ1n) is 6.60. The third kappa shape index (κ3) is 1.86. The Labute approximate surface area is 108 Å². The molecule has 2 heterocycles. The van der Waals surface area contributed by atoms with Gasteiger partial charge in [-0.15, -0.1) is 0 Å². The molecule has 0 aliphatic carbocycles. The van der Waals surface area contributed by atoms with E-state index in [1.807, 2.05) is 12.1 Å². The van der Waals surface area contributed by atoms with Gasteiger partial charge in [0.15, 0.2) is 0 Å². The van der Waals surface area contributed by atoms with Crippen LogP contribution in [0.15, 0.2) is 18.2 Å². The molecular weight excluding hydrogens is 226 g/mol. The van der Waals surface area contributed by atoms with Crippen LogP contribution >= 0.6 is 0 Å². The number of carbonyl (C=O) groups is 1. The molecule has 0 aromatic heterocycles. The van der Waals surface area contributed by atoms with E-state index in [4.69, 9.17) is 0 Å². The largest absolute Gasteiger partial charge is 0.369 e. The van der Waals surface area contributed by atoms with Crippen molar-refractivity contribution in [3.05, 3.63) is 29.3 Å². The highest BCUT2D eigenvalue weighted by Crippen LogP contribution is 2.28. The molecule has 1 amide bonds. The first kappa shape index (κ1) is 11.5. The zero-order valence-electron chi connectivity index (χ0n) is 10.7. The lowest BCUT2D eigenvalue weighted by molar-refractivity contribution is 0.0961. The van der Waals surface area contributed by atoms with E-state index in [0.717, 1.165) is 43.9 Å². The van der Waals surface area contributed by atoms with Crippen LogP contribution in [0.4, 0.5) is 5.69 Å².